The first-order valence-corrected chi connectivity index (χ1v) is 7.15. The van der Waals surface area contributed by atoms with Crippen molar-refractivity contribution in [1.82, 2.24) is 19.9 Å². The molecule has 22 heavy (non-hydrogen) atoms. The van der Waals surface area contributed by atoms with Gasteiger partial charge in [-0.2, -0.15) is 13.2 Å². The molecule has 1 N–H and O–H groups in total. The van der Waals surface area contributed by atoms with Gasteiger partial charge in [0.2, 0.25) is 0 Å². The maximum Gasteiger partial charge on any atom is 0.471 e. The van der Waals surface area contributed by atoms with Crippen LogP contribution in [0.25, 0.3) is 5.65 Å². The number of hydrogen-bond donors (Lipinski definition) is 1. The zero-order chi connectivity index (χ0) is 16.3. The maximum absolute atomic E-state index is 12.0. The fourth-order valence-corrected chi connectivity index (χ4v) is 2.14. The van der Waals surface area contributed by atoms with Gasteiger partial charge in [0.15, 0.2) is 5.65 Å². The van der Waals surface area contributed by atoms with E-state index in [-0.39, 0.29) is 6.54 Å². The Hall–Kier alpha value is -1.84. The van der Waals surface area contributed by atoms with Crippen molar-refractivity contribution in [3.05, 3.63) is 22.9 Å². The van der Waals surface area contributed by atoms with Gasteiger partial charge < -0.3 is 10.2 Å². The molecule has 0 aliphatic rings. The molecule has 2 aromatic heterocycles. The topological polar surface area (TPSA) is 62.5 Å². The number of carbonyl (C=O) groups is 1. The van der Waals surface area contributed by atoms with Crippen molar-refractivity contribution < 1.29 is 18.0 Å². The fraction of sp³-hybridized carbons (Fsp3) is 0.417. The van der Waals surface area contributed by atoms with Gasteiger partial charge in [0.1, 0.15) is 10.4 Å². The third-order valence-corrected chi connectivity index (χ3v) is 3.45. The Balaban J connectivity index is 1.87. The molecule has 2 rings (SSSR count). The molecule has 0 aromatic carbocycles. The number of nitrogens with zero attached hydrogens (tertiary/aromatic N) is 4. The summed E-state index contributed by atoms with van der Waals surface area (Å²) in [5.74, 6) is -1.27. The van der Waals surface area contributed by atoms with Crippen LogP contribution in [-0.4, -0.2) is 46.8 Å². The summed E-state index contributed by atoms with van der Waals surface area (Å²) < 4.78 is 38.3. The molecule has 2 aromatic rings. The van der Waals surface area contributed by atoms with Crippen LogP contribution in [0.1, 0.15) is 6.42 Å². The van der Waals surface area contributed by atoms with Gasteiger partial charge in [-0.15, -0.1) is 5.10 Å². The van der Waals surface area contributed by atoms with Crippen molar-refractivity contribution in [2.75, 3.05) is 25.0 Å². The van der Waals surface area contributed by atoms with Crippen molar-refractivity contribution in [2.24, 2.45) is 0 Å². The molecule has 0 unspecified atom stereocenters. The molecule has 0 atom stereocenters. The zero-order valence-electron chi connectivity index (χ0n) is 11.6. The number of hydrogen-bond acceptors (Lipinski definition) is 4. The molecule has 0 bridgehead atoms. The number of imidazole rings is 1. The van der Waals surface area contributed by atoms with Crippen LogP contribution in [0, 0.1) is 0 Å². The summed E-state index contributed by atoms with van der Waals surface area (Å²) in [5.41, 5.74) is 0.682. The summed E-state index contributed by atoms with van der Waals surface area (Å²) in [4.78, 5) is 16.6. The lowest BCUT2D eigenvalue weighted by Gasteiger charge is -2.18. The first-order valence-electron chi connectivity index (χ1n) is 6.35. The smallest absolute Gasteiger partial charge is 0.358 e. The Morgan fingerprint density at radius 2 is 2.18 bits per heavy atom. The maximum atomic E-state index is 12.0. The normalized spacial score (nSPS) is 11.7. The number of amides is 1. The van der Waals surface area contributed by atoms with Gasteiger partial charge in [0, 0.05) is 20.1 Å². The molecule has 0 aliphatic heterocycles. The monoisotopic (exact) mass is 379 g/mol. The van der Waals surface area contributed by atoms with Crippen molar-refractivity contribution in [3.8, 4) is 0 Å². The highest BCUT2D eigenvalue weighted by molar-refractivity contribution is 9.10. The van der Waals surface area contributed by atoms with E-state index >= 15 is 0 Å². The zero-order valence-corrected chi connectivity index (χ0v) is 13.1. The van der Waals surface area contributed by atoms with E-state index in [1.54, 1.807) is 34.8 Å². The van der Waals surface area contributed by atoms with Gasteiger partial charge >= 0.3 is 12.1 Å². The van der Waals surface area contributed by atoms with E-state index in [1.165, 1.54) is 0 Å². The van der Waals surface area contributed by atoms with E-state index in [0.717, 1.165) is 0 Å². The second-order valence-electron chi connectivity index (χ2n) is 4.57. The van der Waals surface area contributed by atoms with Gasteiger partial charge in [-0.3, -0.25) is 4.79 Å². The predicted molar refractivity (Wildman–Crippen MR) is 77.6 cm³/mol. The lowest BCUT2D eigenvalue weighted by atomic mass is 10.3. The summed E-state index contributed by atoms with van der Waals surface area (Å²) in [6.07, 6.45) is -2.85. The summed E-state index contributed by atoms with van der Waals surface area (Å²) in [7, 11) is 1.77. The summed E-state index contributed by atoms with van der Waals surface area (Å²) in [6.45, 7) is 0.392. The quantitative estimate of drug-likeness (QED) is 0.807. The Morgan fingerprint density at radius 3 is 2.86 bits per heavy atom. The number of fused-ring (bicyclic) bond motifs is 1. The first-order chi connectivity index (χ1) is 10.3. The number of alkyl halides is 3. The van der Waals surface area contributed by atoms with Gasteiger partial charge in [-0.05, 0) is 34.5 Å². The van der Waals surface area contributed by atoms with E-state index < -0.39 is 12.1 Å². The number of halogens is 4. The van der Waals surface area contributed by atoms with E-state index in [4.69, 9.17) is 0 Å². The summed E-state index contributed by atoms with van der Waals surface area (Å²) in [6, 6.07) is 3.55. The van der Waals surface area contributed by atoms with Crippen LogP contribution in [0.3, 0.4) is 0 Å². The second-order valence-corrected chi connectivity index (χ2v) is 5.38. The van der Waals surface area contributed by atoms with Crippen molar-refractivity contribution in [3.63, 3.8) is 0 Å². The van der Waals surface area contributed by atoms with Crippen molar-refractivity contribution >= 4 is 33.3 Å². The minimum atomic E-state index is -4.84. The Kier molecular flexibility index (Phi) is 4.89. The van der Waals surface area contributed by atoms with Crippen LogP contribution >= 0.6 is 15.9 Å². The molecule has 0 spiro atoms. The molecule has 0 radical (unpaired) electrons. The van der Waals surface area contributed by atoms with Gasteiger partial charge in [-0.25, -0.2) is 9.50 Å². The number of nitrogens with one attached hydrogen (secondary N) is 1. The molecule has 120 valence electrons. The summed E-state index contributed by atoms with van der Waals surface area (Å²) >= 11 is 3.31. The molecular formula is C12H13BrF3N5O. The van der Waals surface area contributed by atoms with Crippen molar-refractivity contribution in [2.45, 2.75) is 12.6 Å². The molecule has 2 heterocycles. The highest BCUT2D eigenvalue weighted by Gasteiger charge is 2.38. The minimum absolute atomic E-state index is 0.0559. The first kappa shape index (κ1) is 16.5. The fourth-order valence-electron chi connectivity index (χ4n) is 1.77. The number of carbonyl (C=O) groups excluding carboxylic acids is 1. The van der Waals surface area contributed by atoms with Crippen LogP contribution < -0.4 is 10.2 Å². The van der Waals surface area contributed by atoms with E-state index in [2.05, 4.69) is 26.0 Å². The van der Waals surface area contributed by atoms with E-state index in [0.29, 0.717) is 29.0 Å². The molecule has 0 aliphatic carbocycles. The third-order valence-electron chi connectivity index (χ3n) is 2.91. The van der Waals surface area contributed by atoms with Crippen LogP contribution in [0.2, 0.25) is 0 Å². The Bertz CT molecular complexity index is 672. The minimum Gasteiger partial charge on any atom is -0.358 e. The largest absolute Gasteiger partial charge is 0.471 e. The Morgan fingerprint density at radius 1 is 1.45 bits per heavy atom. The van der Waals surface area contributed by atoms with Crippen LogP contribution in [-0.2, 0) is 4.79 Å². The molecule has 10 heteroatoms. The predicted octanol–water partition coefficient (Wildman–Crippen LogP) is 2.00. The van der Waals surface area contributed by atoms with Crippen LogP contribution in [0.15, 0.2) is 22.9 Å². The molecule has 0 saturated carbocycles. The standard InChI is InChI=1S/C12H13BrF3N5O/c1-20(6-2-5-17-11(22)12(14,15)16)10-4-3-9-18-7-8(13)21(9)19-10/h3-4,7H,2,5-6H2,1H3,(H,17,22). The van der Waals surface area contributed by atoms with Crippen LogP contribution in [0.5, 0.6) is 0 Å². The van der Waals surface area contributed by atoms with Gasteiger partial charge in [0.25, 0.3) is 0 Å². The average Bonchev–Trinajstić information content (AvgIpc) is 2.83. The lowest BCUT2D eigenvalue weighted by Crippen LogP contribution is -2.38. The van der Waals surface area contributed by atoms with E-state index in [1.807, 2.05) is 5.32 Å². The summed E-state index contributed by atoms with van der Waals surface area (Å²) in [5, 5.41) is 6.18. The second kappa shape index (κ2) is 6.51. The number of aromatic nitrogens is 3. The molecule has 0 saturated heterocycles. The molecule has 1 amide bonds. The average molecular weight is 380 g/mol. The molecule has 0 fully saturated rings. The third kappa shape index (κ3) is 3.87. The molecule has 6 nitrogen and oxygen atoms in total. The SMILES string of the molecule is CN(CCCNC(=O)C(F)(F)F)c1ccc2ncc(Br)n2n1. The van der Waals surface area contributed by atoms with E-state index in [9.17, 15) is 18.0 Å². The highest BCUT2D eigenvalue weighted by atomic mass is 79.9. The van der Waals surface area contributed by atoms with Crippen molar-refractivity contribution in [1.29, 1.82) is 0 Å². The number of rotatable bonds is 5. The van der Waals surface area contributed by atoms with Crippen LogP contribution in [0.4, 0.5) is 19.0 Å². The Labute approximate surface area is 132 Å². The number of anilines is 1. The van der Waals surface area contributed by atoms with Gasteiger partial charge in [-0.1, -0.05) is 0 Å². The lowest BCUT2D eigenvalue weighted by molar-refractivity contribution is -0.173. The molecular weight excluding hydrogens is 367 g/mol. The van der Waals surface area contributed by atoms with Gasteiger partial charge in [0.05, 0.1) is 6.20 Å². The highest BCUT2D eigenvalue weighted by Crippen LogP contribution is 2.16.